The van der Waals surface area contributed by atoms with Gasteiger partial charge in [-0.1, -0.05) is 0 Å². The lowest BCUT2D eigenvalue weighted by atomic mass is 10.2. The average Bonchev–Trinajstić information content (AvgIpc) is 3.09. The second-order valence-corrected chi connectivity index (χ2v) is 5.61. The molecule has 7 heteroatoms. The molecule has 2 saturated heterocycles. The minimum absolute atomic E-state index is 0. The summed E-state index contributed by atoms with van der Waals surface area (Å²) in [5.41, 5.74) is 0. The average molecular weight is 303 g/mol. The van der Waals surface area contributed by atoms with Crippen LogP contribution in [0.4, 0.5) is 5.13 Å². The van der Waals surface area contributed by atoms with Crippen molar-refractivity contribution in [2.24, 2.45) is 0 Å². The van der Waals surface area contributed by atoms with Crippen LogP contribution in [0.3, 0.4) is 0 Å². The lowest BCUT2D eigenvalue weighted by molar-refractivity contribution is -0.132. The molecule has 2 aliphatic heterocycles. The number of aromatic nitrogens is 1. The first-order valence-corrected chi connectivity index (χ1v) is 7.40. The fourth-order valence-electron chi connectivity index (χ4n) is 2.71. The van der Waals surface area contributed by atoms with Gasteiger partial charge in [0.25, 0.3) is 0 Å². The summed E-state index contributed by atoms with van der Waals surface area (Å²) in [6.07, 6.45) is 3.86. The first-order chi connectivity index (χ1) is 8.86. The molecular formula is C12H19ClN4OS. The molecule has 0 aromatic carbocycles. The van der Waals surface area contributed by atoms with E-state index in [9.17, 15) is 4.79 Å². The van der Waals surface area contributed by atoms with Crippen molar-refractivity contribution in [2.45, 2.75) is 18.9 Å². The molecule has 0 saturated carbocycles. The number of nitrogens with one attached hydrogen (secondary N) is 1. The first kappa shape index (κ1) is 14.6. The molecule has 0 aliphatic carbocycles. The molecule has 1 aromatic heterocycles. The van der Waals surface area contributed by atoms with Crippen LogP contribution in [0.1, 0.15) is 12.8 Å². The number of hydrogen-bond donors (Lipinski definition) is 1. The molecule has 1 amide bonds. The molecule has 106 valence electrons. The van der Waals surface area contributed by atoms with E-state index in [-0.39, 0.29) is 24.4 Å². The molecule has 2 fully saturated rings. The molecule has 1 N–H and O–H groups in total. The summed E-state index contributed by atoms with van der Waals surface area (Å²) in [6, 6.07) is 0.00856. The van der Waals surface area contributed by atoms with E-state index in [1.807, 2.05) is 16.5 Å². The van der Waals surface area contributed by atoms with Gasteiger partial charge in [0.15, 0.2) is 5.13 Å². The fraction of sp³-hybridized carbons (Fsp3) is 0.667. The maximum Gasteiger partial charge on any atom is 0.245 e. The number of thiazole rings is 1. The van der Waals surface area contributed by atoms with Gasteiger partial charge in [-0.25, -0.2) is 4.98 Å². The predicted molar refractivity (Wildman–Crippen MR) is 79.2 cm³/mol. The summed E-state index contributed by atoms with van der Waals surface area (Å²) in [5.74, 6) is 0.282. The molecular weight excluding hydrogens is 284 g/mol. The van der Waals surface area contributed by atoms with Crippen molar-refractivity contribution in [1.29, 1.82) is 0 Å². The van der Waals surface area contributed by atoms with E-state index in [0.29, 0.717) is 0 Å². The Bertz CT molecular complexity index is 408. The van der Waals surface area contributed by atoms with Crippen LogP contribution in [-0.4, -0.2) is 54.6 Å². The topological polar surface area (TPSA) is 48.5 Å². The Morgan fingerprint density at radius 1 is 1.37 bits per heavy atom. The molecule has 1 atom stereocenters. The van der Waals surface area contributed by atoms with Crippen LogP contribution < -0.4 is 10.2 Å². The Balaban J connectivity index is 0.00000133. The number of piperazine rings is 1. The second-order valence-electron chi connectivity index (χ2n) is 4.74. The zero-order valence-electron chi connectivity index (χ0n) is 10.7. The summed E-state index contributed by atoms with van der Waals surface area (Å²) in [7, 11) is 0. The predicted octanol–water partition coefficient (Wildman–Crippen LogP) is 0.965. The number of carbonyl (C=O) groups is 1. The van der Waals surface area contributed by atoms with E-state index in [1.165, 1.54) is 0 Å². The Labute approximate surface area is 123 Å². The number of carbonyl (C=O) groups excluding carboxylic acids is 1. The van der Waals surface area contributed by atoms with Crippen LogP contribution in [0.2, 0.25) is 0 Å². The fourth-order valence-corrected chi connectivity index (χ4v) is 3.43. The number of anilines is 1. The molecule has 0 spiro atoms. The van der Waals surface area contributed by atoms with Gasteiger partial charge in [0.2, 0.25) is 5.91 Å². The highest BCUT2D eigenvalue weighted by atomic mass is 35.5. The van der Waals surface area contributed by atoms with E-state index >= 15 is 0 Å². The monoisotopic (exact) mass is 302 g/mol. The summed E-state index contributed by atoms with van der Waals surface area (Å²) >= 11 is 1.62. The SMILES string of the molecule is Cl.O=C(C1CCCN1c1nccs1)N1CCNCC1. The van der Waals surface area contributed by atoms with Crippen LogP contribution in [-0.2, 0) is 4.79 Å². The van der Waals surface area contributed by atoms with Gasteiger partial charge >= 0.3 is 0 Å². The highest BCUT2D eigenvalue weighted by molar-refractivity contribution is 7.13. The van der Waals surface area contributed by atoms with Gasteiger partial charge in [0.05, 0.1) is 0 Å². The normalized spacial score (nSPS) is 23.3. The van der Waals surface area contributed by atoms with Crippen molar-refractivity contribution in [3.63, 3.8) is 0 Å². The Hall–Kier alpha value is -0.850. The van der Waals surface area contributed by atoms with Crippen LogP contribution in [0.15, 0.2) is 11.6 Å². The third kappa shape index (κ3) is 3.01. The molecule has 0 radical (unpaired) electrons. The van der Waals surface area contributed by atoms with Gasteiger partial charge in [-0.15, -0.1) is 23.7 Å². The molecule has 0 bridgehead atoms. The van der Waals surface area contributed by atoms with Gasteiger partial charge < -0.3 is 15.1 Å². The largest absolute Gasteiger partial charge is 0.338 e. The lowest BCUT2D eigenvalue weighted by Gasteiger charge is -2.32. The van der Waals surface area contributed by atoms with Crippen molar-refractivity contribution >= 4 is 34.8 Å². The Kier molecular flexibility index (Phi) is 5.01. The van der Waals surface area contributed by atoms with E-state index < -0.39 is 0 Å². The van der Waals surface area contributed by atoms with Gasteiger partial charge in [0.1, 0.15) is 6.04 Å². The van der Waals surface area contributed by atoms with E-state index in [2.05, 4.69) is 15.2 Å². The Morgan fingerprint density at radius 2 is 2.16 bits per heavy atom. The standard InChI is InChI=1S/C12H18N4OS.ClH/c17-11(15-7-3-13-4-8-15)10-2-1-6-16(10)12-14-5-9-18-12;/h5,9-10,13H,1-4,6-8H2;1H. The zero-order valence-corrected chi connectivity index (χ0v) is 12.4. The highest BCUT2D eigenvalue weighted by Crippen LogP contribution is 2.28. The van der Waals surface area contributed by atoms with Crippen LogP contribution in [0, 0.1) is 0 Å². The molecule has 1 aromatic rings. The number of rotatable bonds is 2. The lowest BCUT2D eigenvalue weighted by Crippen LogP contribution is -2.52. The quantitative estimate of drug-likeness (QED) is 0.884. The summed E-state index contributed by atoms with van der Waals surface area (Å²) in [6.45, 7) is 4.45. The van der Waals surface area contributed by atoms with E-state index in [4.69, 9.17) is 0 Å². The minimum atomic E-state index is 0. The van der Waals surface area contributed by atoms with E-state index in [0.717, 1.165) is 50.7 Å². The Morgan fingerprint density at radius 3 is 2.84 bits per heavy atom. The van der Waals surface area contributed by atoms with Crippen molar-refractivity contribution < 1.29 is 4.79 Å². The number of halogens is 1. The van der Waals surface area contributed by atoms with Crippen molar-refractivity contribution in [3.05, 3.63) is 11.6 Å². The maximum absolute atomic E-state index is 12.5. The molecule has 5 nitrogen and oxygen atoms in total. The third-order valence-corrected chi connectivity index (χ3v) is 4.44. The number of amides is 1. The smallest absolute Gasteiger partial charge is 0.245 e. The molecule has 3 rings (SSSR count). The highest BCUT2D eigenvalue weighted by Gasteiger charge is 2.35. The summed E-state index contributed by atoms with van der Waals surface area (Å²) < 4.78 is 0. The third-order valence-electron chi connectivity index (χ3n) is 3.63. The minimum Gasteiger partial charge on any atom is -0.338 e. The summed E-state index contributed by atoms with van der Waals surface area (Å²) in [4.78, 5) is 21.0. The van der Waals surface area contributed by atoms with Crippen LogP contribution in [0.25, 0.3) is 0 Å². The van der Waals surface area contributed by atoms with Crippen molar-refractivity contribution in [1.82, 2.24) is 15.2 Å². The molecule has 2 aliphatic rings. The van der Waals surface area contributed by atoms with Crippen LogP contribution in [0.5, 0.6) is 0 Å². The van der Waals surface area contributed by atoms with Crippen molar-refractivity contribution in [2.75, 3.05) is 37.6 Å². The van der Waals surface area contributed by atoms with Gasteiger partial charge in [-0.3, -0.25) is 4.79 Å². The number of hydrogen-bond acceptors (Lipinski definition) is 5. The number of nitrogens with zero attached hydrogens (tertiary/aromatic N) is 3. The molecule has 19 heavy (non-hydrogen) atoms. The van der Waals surface area contributed by atoms with E-state index in [1.54, 1.807) is 11.3 Å². The van der Waals surface area contributed by atoms with Gasteiger partial charge in [-0.2, -0.15) is 0 Å². The van der Waals surface area contributed by atoms with Crippen LogP contribution >= 0.6 is 23.7 Å². The maximum atomic E-state index is 12.5. The van der Waals surface area contributed by atoms with Crippen molar-refractivity contribution in [3.8, 4) is 0 Å². The zero-order chi connectivity index (χ0) is 12.4. The summed E-state index contributed by atoms with van der Waals surface area (Å²) in [5, 5.41) is 6.24. The molecule has 1 unspecified atom stereocenters. The first-order valence-electron chi connectivity index (χ1n) is 6.52. The second kappa shape index (κ2) is 6.54. The van der Waals surface area contributed by atoms with Gasteiger partial charge in [-0.05, 0) is 12.8 Å². The van der Waals surface area contributed by atoms with Gasteiger partial charge in [0, 0.05) is 44.3 Å². The molecule has 3 heterocycles.